The van der Waals surface area contributed by atoms with Crippen LogP contribution in [-0.4, -0.2) is 26.4 Å². The van der Waals surface area contributed by atoms with Gasteiger partial charge in [0.15, 0.2) is 0 Å². The molecule has 0 radical (unpaired) electrons. The van der Waals surface area contributed by atoms with E-state index in [1.165, 1.54) is 0 Å². The summed E-state index contributed by atoms with van der Waals surface area (Å²) < 4.78 is 11.3. The second-order valence-corrected chi connectivity index (χ2v) is 5.00. The number of ether oxygens (including phenoxy) is 2. The third-order valence-corrected chi connectivity index (χ3v) is 3.83. The molecule has 0 amide bonds. The van der Waals surface area contributed by atoms with E-state index in [2.05, 4.69) is 32.2 Å². The summed E-state index contributed by atoms with van der Waals surface area (Å²) in [4.78, 5) is 0. The first-order valence-corrected chi connectivity index (χ1v) is 7.04. The van der Waals surface area contributed by atoms with Crippen LogP contribution in [0.5, 0.6) is 5.75 Å². The van der Waals surface area contributed by atoms with E-state index in [9.17, 15) is 0 Å². The molecule has 0 fully saturated rings. The van der Waals surface area contributed by atoms with Crippen molar-refractivity contribution >= 4 is 0 Å². The Kier molecular flexibility index (Phi) is 6.32. The fourth-order valence-electron chi connectivity index (χ4n) is 2.31. The van der Waals surface area contributed by atoms with Gasteiger partial charge in [-0.25, -0.2) is 0 Å². The van der Waals surface area contributed by atoms with Crippen molar-refractivity contribution in [3.05, 3.63) is 29.8 Å². The Morgan fingerprint density at radius 2 is 1.89 bits per heavy atom. The fraction of sp³-hybridized carbons (Fsp3) is 0.625. The molecule has 0 heterocycles. The van der Waals surface area contributed by atoms with Crippen molar-refractivity contribution < 1.29 is 9.47 Å². The Labute approximate surface area is 117 Å². The number of para-hydroxylation sites is 1. The standard InChI is InChI=1S/C16H27NO2/c1-6-12-17-15(16(3,7-2)19-5)13-10-8-9-11-14(13)18-4/h8-11,15,17H,6-7,12H2,1-5H3. The lowest BCUT2D eigenvalue weighted by Crippen LogP contribution is -2.43. The fourth-order valence-corrected chi connectivity index (χ4v) is 2.31. The smallest absolute Gasteiger partial charge is 0.123 e. The van der Waals surface area contributed by atoms with Crippen LogP contribution in [0.2, 0.25) is 0 Å². The monoisotopic (exact) mass is 265 g/mol. The van der Waals surface area contributed by atoms with Gasteiger partial charge in [-0.05, 0) is 32.4 Å². The zero-order valence-electron chi connectivity index (χ0n) is 12.8. The van der Waals surface area contributed by atoms with Crippen molar-refractivity contribution in [2.45, 2.75) is 45.3 Å². The van der Waals surface area contributed by atoms with E-state index in [1.807, 2.05) is 18.2 Å². The van der Waals surface area contributed by atoms with E-state index in [4.69, 9.17) is 9.47 Å². The van der Waals surface area contributed by atoms with E-state index in [0.29, 0.717) is 0 Å². The molecule has 0 saturated carbocycles. The van der Waals surface area contributed by atoms with E-state index in [-0.39, 0.29) is 11.6 Å². The highest BCUT2D eigenvalue weighted by Gasteiger charge is 2.34. The van der Waals surface area contributed by atoms with Gasteiger partial charge in [0.2, 0.25) is 0 Å². The van der Waals surface area contributed by atoms with Crippen molar-refractivity contribution in [1.29, 1.82) is 0 Å². The molecule has 0 aromatic heterocycles. The number of hydrogen-bond donors (Lipinski definition) is 1. The molecule has 1 N–H and O–H groups in total. The summed E-state index contributed by atoms with van der Waals surface area (Å²) in [6, 6.07) is 8.28. The van der Waals surface area contributed by atoms with Gasteiger partial charge in [-0.1, -0.05) is 32.0 Å². The van der Waals surface area contributed by atoms with Gasteiger partial charge in [-0.15, -0.1) is 0 Å². The van der Waals surface area contributed by atoms with E-state index < -0.39 is 0 Å². The van der Waals surface area contributed by atoms with Crippen molar-refractivity contribution in [1.82, 2.24) is 5.32 Å². The van der Waals surface area contributed by atoms with Gasteiger partial charge >= 0.3 is 0 Å². The second kappa shape index (κ2) is 7.51. The van der Waals surface area contributed by atoms with Crippen LogP contribution in [0.3, 0.4) is 0 Å². The summed E-state index contributed by atoms with van der Waals surface area (Å²) in [6.07, 6.45) is 2.03. The molecule has 1 aromatic rings. The summed E-state index contributed by atoms with van der Waals surface area (Å²) in [5.74, 6) is 0.910. The van der Waals surface area contributed by atoms with Gasteiger partial charge in [0.05, 0.1) is 18.8 Å². The van der Waals surface area contributed by atoms with Gasteiger partial charge in [-0.2, -0.15) is 0 Å². The summed E-state index contributed by atoms with van der Waals surface area (Å²) in [5.41, 5.74) is 0.911. The summed E-state index contributed by atoms with van der Waals surface area (Å²) in [5, 5.41) is 3.60. The predicted molar refractivity (Wildman–Crippen MR) is 79.7 cm³/mol. The molecule has 3 heteroatoms. The number of nitrogens with one attached hydrogen (secondary N) is 1. The van der Waals surface area contributed by atoms with Crippen LogP contribution in [-0.2, 0) is 4.74 Å². The molecule has 0 aliphatic rings. The van der Waals surface area contributed by atoms with Gasteiger partial charge in [0, 0.05) is 12.7 Å². The third kappa shape index (κ3) is 3.71. The SMILES string of the molecule is CCCNC(c1ccccc1OC)C(C)(CC)OC. The van der Waals surface area contributed by atoms with Crippen molar-refractivity contribution in [2.75, 3.05) is 20.8 Å². The third-order valence-electron chi connectivity index (χ3n) is 3.83. The molecular formula is C16H27NO2. The number of benzene rings is 1. The summed E-state index contributed by atoms with van der Waals surface area (Å²) in [6.45, 7) is 7.43. The highest BCUT2D eigenvalue weighted by molar-refractivity contribution is 5.37. The zero-order valence-corrected chi connectivity index (χ0v) is 12.8. The molecule has 0 aliphatic heterocycles. The van der Waals surface area contributed by atoms with Crippen LogP contribution in [0.1, 0.15) is 45.2 Å². The molecule has 3 nitrogen and oxygen atoms in total. The van der Waals surface area contributed by atoms with Gasteiger partial charge in [0.1, 0.15) is 5.75 Å². The maximum absolute atomic E-state index is 5.78. The number of rotatable bonds is 8. The van der Waals surface area contributed by atoms with E-state index in [1.54, 1.807) is 14.2 Å². The Bertz CT molecular complexity index is 375. The summed E-state index contributed by atoms with van der Waals surface area (Å²) >= 11 is 0. The topological polar surface area (TPSA) is 30.5 Å². The number of methoxy groups -OCH3 is 2. The Balaban J connectivity index is 3.15. The minimum atomic E-state index is -0.246. The van der Waals surface area contributed by atoms with Gasteiger partial charge in [0.25, 0.3) is 0 Å². The molecule has 0 aliphatic carbocycles. The van der Waals surface area contributed by atoms with E-state index >= 15 is 0 Å². The van der Waals surface area contributed by atoms with Crippen LogP contribution < -0.4 is 10.1 Å². The minimum absolute atomic E-state index is 0.124. The van der Waals surface area contributed by atoms with Crippen LogP contribution in [0.25, 0.3) is 0 Å². The Morgan fingerprint density at radius 3 is 2.42 bits per heavy atom. The first-order valence-electron chi connectivity index (χ1n) is 7.04. The highest BCUT2D eigenvalue weighted by Crippen LogP contribution is 2.36. The maximum atomic E-state index is 5.78. The Morgan fingerprint density at radius 1 is 1.21 bits per heavy atom. The van der Waals surface area contributed by atoms with Crippen LogP contribution >= 0.6 is 0 Å². The average Bonchev–Trinajstić information content (AvgIpc) is 2.47. The first kappa shape index (κ1) is 16.0. The normalized spacial score (nSPS) is 15.8. The second-order valence-electron chi connectivity index (χ2n) is 5.00. The van der Waals surface area contributed by atoms with E-state index in [0.717, 1.165) is 30.7 Å². The molecule has 108 valence electrons. The molecule has 0 bridgehead atoms. The summed E-state index contributed by atoms with van der Waals surface area (Å²) in [7, 11) is 3.49. The van der Waals surface area contributed by atoms with Crippen molar-refractivity contribution in [3.63, 3.8) is 0 Å². The van der Waals surface area contributed by atoms with Crippen LogP contribution in [0.15, 0.2) is 24.3 Å². The van der Waals surface area contributed by atoms with Gasteiger partial charge < -0.3 is 14.8 Å². The molecule has 19 heavy (non-hydrogen) atoms. The molecule has 0 saturated heterocycles. The molecule has 0 spiro atoms. The van der Waals surface area contributed by atoms with Crippen molar-refractivity contribution in [3.8, 4) is 5.75 Å². The highest BCUT2D eigenvalue weighted by atomic mass is 16.5. The Hall–Kier alpha value is -1.06. The largest absolute Gasteiger partial charge is 0.496 e. The molecule has 2 unspecified atom stereocenters. The first-order chi connectivity index (χ1) is 9.12. The molecular weight excluding hydrogens is 238 g/mol. The lowest BCUT2D eigenvalue weighted by molar-refractivity contribution is -0.0304. The van der Waals surface area contributed by atoms with Crippen molar-refractivity contribution in [2.24, 2.45) is 0 Å². The maximum Gasteiger partial charge on any atom is 0.123 e. The number of hydrogen-bond acceptors (Lipinski definition) is 3. The zero-order chi connectivity index (χ0) is 14.3. The lowest BCUT2D eigenvalue weighted by Gasteiger charge is -2.37. The molecule has 2 atom stereocenters. The van der Waals surface area contributed by atoms with Crippen LogP contribution in [0.4, 0.5) is 0 Å². The lowest BCUT2D eigenvalue weighted by atomic mass is 9.87. The van der Waals surface area contributed by atoms with Crippen LogP contribution in [0, 0.1) is 0 Å². The molecule has 1 aromatic carbocycles. The minimum Gasteiger partial charge on any atom is -0.496 e. The predicted octanol–water partition coefficient (Wildman–Crippen LogP) is 3.55. The van der Waals surface area contributed by atoms with Gasteiger partial charge in [-0.3, -0.25) is 0 Å². The molecule has 1 rings (SSSR count). The average molecular weight is 265 g/mol. The quantitative estimate of drug-likeness (QED) is 0.779.